The van der Waals surface area contributed by atoms with Crippen LogP contribution in [0.25, 0.3) is 0 Å². The van der Waals surface area contributed by atoms with Crippen molar-refractivity contribution in [1.29, 1.82) is 0 Å². The highest BCUT2D eigenvalue weighted by molar-refractivity contribution is 5.97. The molecule has 0 unspecified atom stereocenters. The van der Waals surface area contributed by atoms with Gasteiger partial charge in [0.2, 0.25) is 6.79 Å². The van der Waals surface area contributed by atoms with Crippen molar-refractivity contribution in [1.82, 2.24) is 0 Å². The molecule has 3 rings (SSSR count). The molecule has 1 aliphatic heterocycles. The Morgan fingerprint density at radius 3 is 2.72 bits per heavy atom. The Hall–Kier alpha value is -3.03. The number of halogens is 2. The summed E-state index contributed by atoms with van der Waals surface area (Å²) in [7, 11) is 0. The largest absolute Gasteiger partial charge is 0.493 e. The van der Waals surface area contributed by atoms with Crippen molar-refractivity contribution in [3.05, 3.63) is 53.6 Å². The molecule has 0 aliphatic carbocycles. The minimum Gasteiger partial charge on any atom is -0.493 e. The van der Waals surface area contributed by atoms with Crippen LogP contribution in [-0.2, 0) is 4.84 Å². The first-order chi connectivity index (χ1) is 12.1. The third kappa shape index (κ3) is 4.28. The van der Waals surface area contributed by atoms with Gasteiger partial charge in [0, 0.05) is 18.1 Å². The van der Waals surface area contributed by atoms with Gasteiger partial charge in [0.15, 0.2) is 29.0 Å². The van der Waals surface area contributed by atoms with Crippen LogP contribution < -0.4 is 19.9 Å². The van der Waals surface area contributed by atoms with E-state index in [1.807, 2.05) is 0 Å². The molecular formula is C17H16F2N2O4. The lowest BCUT2D eigenvalue weighted by molar-refractivity contribution is 0.127. The molecule has 0 aromatic heterocycles. The Bertz CT molecular complexity index is 783. The van der Waals surface area contributed by atoms with Gasteiger partial charge in [-0.3, -0.25) is 0 Å². The van der Waals surface area contributed by atoms with Crippen molar-refractivity contribution in [2.75, 3.05) is 20.0 Å². The zero-order valence-corrected chi connectivity index (χ0v) is 13.2. The Labute approximate surface area is 142 Å². The lowest BCUT2D eigenvalue weighted by atomic mass is 10.2. The summed E-state index contributed by atoms with van der Waals surface area (Å²) in [4.78, 5) is 5.05. The van der Waals surface area contributed by atoms with E-state index in [2.05, 4.69) is 5.16 Å². The molecule has 0 spiro atoms. The van der Waals surface area contributed by atoms with Gasteiger partial charge < -0.3 is 24.8 Å². The first-order valence-electron chi connectivity index (χ1n) is 7.57. The van der Waals surface area contributed by atoms with E-state index >= 15 is 0 Å². The van der Waals surface area contributed by atoms with Crippen molar-refractivity contribution in [3.8, 4) is 17.2 Å². The highest BCUT2D eigenvalue weighted by Crippen LogP contribution is 2.35. The van der Waals surface area contributed by atoms with Gasteiger partial charge in [-0.2, -0.15) is 0 Å². The Balaban J connectivity index is 1.40. The topological polar surface area (TPSA) is 75.3 Å². The predicted molar refractivity (Wildman–Crippen MR) is 85.7 cm³/mol. The summed E-state index contributed by atoms with van der Waals surface area (Å²) < 4.78 is 42.0. The number of amidine groups is 1. The van der Waals surface area contributed by atoms with Gasteiger partial charge in [0.25, 0.3) is 0 Å². The predicted octanol–water partition coefficient (Wildman–Crippen LogP) is 2.80. The molecule has 8 heteroatoms. The van der Waals surface area contributed by atoms with Crippen LogP contribution in [0.4, 0.5) is 8.78 Å². The van der Waals surface area contributed by atoms with E-state index in [9.17, 15) is 8.78 Å². The van der Waals surface area contributed by atoms with Crippen LogP contribution in [0.2, 0.25) is 0 Å². The van der Waals surface area contributed by atoms with Crippen LogP contribution in [0.1, 0.15) is 12.0 Å². The standard InChI is InChI=1S/C17H16F2N2O4/c18-13-4-2-11(8-14(13)19)17(20)21-25-7-1-6-22-12-3-5-15-16(9-12)24-10-23-15/h2-5,8-9H,1,6-7,10H2,(H2,20,21). The van der Waals surface area contributed by atoms with E-state index in [-0.39, 0.29) is 24.8 Å². The van der Waals surface area contributed by atoms with Crippen molar-refractivity contribution in [2.45, 2.75) is 6.42 Å². The maximum atomic E-state index is 13.1. The minimum absolute atomic E-state index is 0.0319. The van der Waals surface area contributed by atoms with Crippen LogP contribution in [-0.4, -0.2) is 25.8 Å². The second-order valence-corrected chi connectivity index (χ2v) is 5.16. The number of benzene rings is 2. The normalized spacial score (nSPS) is 13.0. The van der Waals surface area contributed by atoms with E-state index in [0.717, 1.165) is 12.1 Å². The van der Waals surface area contributed by atoms with Gasteiger partial charge in [-0.15, -0.1) is 0 Å². The summed E-state index contributed by atoms with van der Waals surface area (Å²) in [5.41, 5.74) is 5.90. The van der Waals surface area contributed by atoms with Gasteiger partial charge in [-0.25, -0.2) is 8.78 Å². The minimum atomic E-state index is -0.993. The fourth-order valence-electron chi connectivity index (χ4n) is 2.10. The highest BCUT2D eigenvalue weighted by atomic mass is 19.2. The maximum Gasteiger partial charge on any atom is 0.231 e. The summed E-state index contributed by atoms with van der Waals surface area (Å²) in [5.74, 6) is 0.0333. The average molecular weight is 350 g/mol. The van der Waals surface area contributed by atoms with Crippen LogP contribution in [0.5, 0.6) is 17.2 Å². The number of fused-ring (bicyclic) bond motifs is 1. The molecule has 2 aromatic carbocycles. The number of hydrogen-bond acceptors (Lipinski definition) is 5. The Morgan fingerprint density at radius 2 is 1.88 bits per heavy atom. The summed E-state index contributed by atoms with van der Waals surface area (Å²) in [6, 6.07) is 8.58. The lowest BCUT2D eigenvalue weighted by Crippen LogP contribution is -2.15. The lowest BCUT2D eigenvalue weighted by Gasteiger charge is -2.07. The second-order valence-electron chi connectivity index (χ2n) is 5.16. The summed E-state index contributed by atoms with van der Waals surface area (Å²) in [6.45, 7) is 0.874. The van der Waals surface area contributed by atoms with Crippen molar-refractivity contribution >= 4 is 5.84 Å². The number of nitrogens with zero attached hydrogens (tertiary/aromatic N) is 1. The molecule has 0 bridgehead atoms. The highest BCUT2D eigenvalue weighted by Gasteiger charge is 2.13. The second kappa shape index (κ2) is 7.69. The number of nitrogens with two attached hydrogens (primary N) is 1. The molecule has 132 valence electrons. The van der Waals surface area contributed by atoms with Gasteiger partial charge >= 0.3 is 0 Å². The smallest absolute Gasteiger partial charge is 0.231 e. The molecule has 0 saturated heterocycles. The SMILES string of the molecule is NC(=NOCCCOc1ccc2c(c1)OCO2)c1ccc(F)c(F)c1. The molecule has 6 nitrogen and oxygen atoms in total. The van der Waals surface area contributed by atoms with Crippen molar-refractivity contribution in [3.63, 3.8) is 0 Å². The van der Waals surface area contributed by atoms with E-state index in [1.54, 1.807) is 18.2 Å². The molecule has 1 heterocycles. The fraction of sp³-hybridized carbons (Fsp3) is 0.235. The van der Waals surface area contributed by atoms with Gasteiger partial charge in [-0.05, 0) is 30.3 Å². The summed E-state index contributed by atoms with van der Waals surface area (Å²) in [6.07, 6.45) is 0.559. The Morgan fingerprint density at radius 1 is 1.04 bits per heavy atom. The Kier molecular flexibility index (Phi) is 5.17. The number of oxime groups is 1. The molecule has 2 aromatic rings. The quantitative estimate of drug-likeness (QED) is 0.360. The molecule has 1 aliphatic rings. The molecule has 2 N–H and O–H groups in total. The third-order valence-corrected chi connectivity index (χ3v) is 3.37. The molecule has 0 saturated carbocycles. The number of rotatable bonds is 7. The zero-order valence-electron chi connectivity index (χ0n) is 13.2. The molecule has 0 atom stereocenters. The molecule has 0 fully saturated rings. The average Bonchev–Trinajstić information content (AvgIpc) is 3.08. The summed E-state index contributed by atoms with van der Waals surface area (Å²) in [5, 5.41) is 3.67. The van der Waals surface area contributed by atoms with Crippen molar-refractivity contribution in [2.24, 2.45) is 10.9 Å². The monoisotopic (exact) mass is 350 g/mol. The molecule has 0 radical (unpaired) electrons. The van der Waals surface area contributed by atoms with Gasteiger partial charge in [0.05, 0.1) is 6.61 Å². The number of hydrogen-bond donors (Lipinski definition) is 1. The van der Waals surface area contributed by atoms with E-state index < -0.39 is 11.6 Å². The molecule has 25 heavy (non-hydrogen) atoms. The fourth-order valence-corrected chi connectivity index (χ4v) is 2.10. The van der Waals surface area contributed by atoms with Crippen molar-refractivity contribution < 1.29 is 27.8 Å². The van der Waals surface area contributed by atoms with Gasteiger partial charge in [0.1, 0.15) is 12.4 Å². The van der Waals surface area contributed by atoms with Crippen LogP contribution in [0, 0.1) is 11.6 Å². The molecular weight excluding hydrogens is 334 g/mol. The van der Waals surface area contributed by atoms with Crippen LogP contribution in [0.3, 0.4) is 0 Å². The first kappa shape index (κ1) is 16.8. The van der Waals surface area contributed by atoms with Gasteiger partial charge in [-0.1, -0.05) is 5.16 Å². The van der Waals surface area contributed by atoms with Crippen LogP contribution in [0.15, 0.2) is 41.6 Å². The first-order valence-corrected chi connectivity index (χ1v) is 7.57. The van der Waals surface area contributed by atoms with E-state index in [1.165, 1.54) is 6.07 Å². The summed E-state index contributed by atoms with van der Waals surface area (Å²) >= 11 is 0. The maximum absolute atomic E-state index is 13.1. The van der Waals surface area contributed by atoms with E-state index in [0.29, 0.717) is 30.3 Å². The molecule has 0 amide bonds. The third-order valence-electron chi connectivity index (χ3n) is 3.37. The van der Waals surface area contributed by atoms with Crippen LogP contribution >= 0.6 is 0 Å². The zero-order chi connectivity index (χ0) is 17.6. The number of ether oxygens (including phenoxy) is 3. The van der Waals surface area contributed by atoms with E-state index in [4.69, 9.17) is 24.8 Å².